The molecule has 24 heavy (non-hydrogen) atoms. The summed E-state index contributed by atoms with van der Waals surface area (Å²) in [5, 5.41) is 0. The summed E-state index contributed by atoms with van der Waals surface area (Å²) in [6, 6.07) is 7.97. The van der Waals surface area contributed by atoms with Gasteiger partial charge in [0.1, 0.15) is 11.5 Å². The summed E-state index contributed by atoms with van der Waals surface area (Å²) in [6.07, 6.45) is -2.96. The standard InChI is InChI=1S/C16H10F3NO2S2/c1-9-5-6-12(22-9)8-13-14(21)20(15(23)24-13)11-4-2-3-10(7-11)16(17,18)19/h2-8H,1H3. The molecule has 1 amide bonds. The second-order valence-corrected chi connectivity index (χ2v) is 6.69. The molecule has 0 radical (unpaired) electrons. The summed E-state index contributed by atoms with van der Waals surface area (Å²) in [5.41, 5.74) is -0.744. The van der Waals surface area contributed by atoms with Gasteiger partial charge < -0.3 is 4.42 Å². The first-order valence-corrected chi connectivity index (χ1v) is 8.00. The van der Waals surface area contributed by atoms with Crippen LogP contribution in [0.4, 0.5) is 18.9 Å². The van der Waals surface area contributed by atoms with Gasteiger partial charge in [-0.25, -0.2) is 0 Å². The van der Waals surface area contributed by atoms with Crippen molar-refractivity contribution in [3.63, 3.8) is 0 Å². The minimum absolute atomic E-state index is 0.0892. The summed E-state index contributed by atoms with van der Waals surface area (Å²) in [4.78, 5) is 13.9. The van der Waals surface area contributed by atoms with E-state index >= 15 is 0 Å². The Hall–Kier alpha value is -2.06. The maximum atomic E-state index is 12.9. The fourth-order valence-electron chi connectivity index (χ4n) is 2.17. The van der Waals surface area contributed by atoms with Crippen molar-refractivity contribution in [3.8, 4) is 0 Å². The van der Waals surface area contributed by atoms with Crippen LogP contribution < -0.4 is 4.90 Å². The summed E-state index contributed by atoms with van der Waals surface area (Å²) in [7, 11) is 0. The Labute approximate surface area is 145 Å². The third-order valence-electron chi connectivity index (χ3n) is 3.26. The maximum absolute atomic E-state index is 12.9. The second-order valence-electron chi connectivity index (χ2n) is 5.01. The van der Waals surface area contributed by atoms with Crippen molar-refractivity contribution in [3.05, 3.63) is 58.4 Å². The van der Waals surface area contributed by atoms with Gasteiger partial charge in [-0.3, -0.25) is 9.69 Å². The van der Waals surface area contributed by atoms with Crippen LogP contribution in [0.25, 0.3) is 6.08 Å². The molecule has 1 saturated heterocycles. The van der Waals surface area contributed by atoms with Crippen LogP contribution in [0.1, 0.15) is 17.1 Å². The molecule has 124 valence electrons. The average Bonchev–Trinajstić information content (AvgIpc) is 3.02. The van der Waals surface area contributed by atoms with E-state index < -0.39 is 17.6 Å². The first kappa shape index (κ1) is 16.8. The largest absolute Gasteiger partial charge is 0.462 e. The molecule has 3 nitrogen and oxygen atoms in total. The molecule has 1 fully saturated rings. The van der Waals surface area contributed by atoms with E-state index in [9.17, 15) is 18.0 Å². The Morgan fingerprint density at radius 3 is 2.62 bits per heavy atom. The number of thiocarbonyl (C=S) groups is 1. The van der Waals surface area contributed by atoms with Crippen molar-refractivity contribution in [2.24, 2.45) is 0 Å². The van der Waals surface area contributed by atoms with E-state index in [0.29, 0.717) is 16.4 Å². The van der Waals surface area contributed by atoms with Crippen LogP contribution in [0.5, 0.6) is 0 Å². The molecule has 0 spiro atoms. The van der Waals surface area contributed by atoms with Crippen LogP contribution in [-0.4, -0.2) is 10.2 Å². The summed E-state index contributed by atoms with van der Waals surface area (Å²) in [5.74, 6) is 0.699. The molecule has 2 aromatic rings. The molecule has 1 aromatic heterocycles. The highest BCUT2D eigenvalue weighted by atomic mass is 32.2. The lowest BCUT2D eigenvalue weighted by molar-refractivity contribution is -0.137. The van der Waals surface area contributed by atoms with Crippen molar-refractivity contribution in [1.29, 1.82) is 0 Å². The van der Waals surface area contributed by atoms with Crippen LogP contribution in [0, 0.1) is 6.92 Å². The molecule has 1 aliphatic heterocycles. The molecule has 3 rings (SSSR count). The topological polar surface area (TPSA) is 33.5 Å². The summed E-state index contributed by atoms with van der Waals surface area (Å²) < 4.78 is 44.1. The first-order valence-electron chi connectivity index (χ1n) is 6.77. The number of alkyl halides is 3. The van der Waals surface area contributed by atoms with Crippen molar-refractivity contribution < 1.29 is 22.4 Å². The van der Waals surface area contributed by atoms with Crippen LogP contribution in [0.15, 0.2) is 45.7 Å². The number of halogens is 3. The first-order chi connectivity index (χ1) is 11.3. The van der Waals surface area contributed by atoms with Crippen molar-refractivity contribution in [2.45, 2.75) is 13.1 Å². The van der Waals surface area contributed by atoms with Crippen molar-refractivity contribution in [1.82, 2.24) is 0 Å². The zero-order chi connectivity index (χ0) is 17.5. The van der Waals surface area contributed by atoms with Gasteiger partial charge in [-0.1, -0.05) is 30.0 Å². The number of anilines is 1. The van der Waals surface area contributed by atoms with E-state index in [2.05, 4.69) is 0 Å². The number of thioether (sulfide) groups is 1. The van der Waals surface area contributed by atoms with E-state index in [4.69, 9.17) is 16.6 Å². The monoisotopic (exact) mass is 369 g/mol. The number of rotatable bonds is 2. The van der Waals surface area contributed by atoms with E-state index in [1.807, 2.05) is 0 Å². The van der Waals surface area contributed by atoms with E-state index in [0.717, 1.165) is 28.8 Å². The van der Waals surface area contributed by atoms with E-state index in [1.165, 1.54) is 18.2 Å². The van der Waals surface area contributed by atoms with Gasteiger partial charge in [0.15, 0.2) is 4.32 Å². The number of amides is 1. The van der Waals surface area contributed by atoms with Crippen molar-refractivity contribution >= 4 is 46.0 Å². The predicted molar refractivity (Wildman–Crippen MR) is 90.5 cm³/mol. The fourth-order valence-corrected chi connectivity index (χ4v) is 3.45. The fraction of sp³-hybridized carbons (Fsp3) is 0.125. The maximum Gasteiger partial charge on any atom is 0.416 e. The Kier molecular flexibility index (Phi) is 4.27. The van der Waals surface area contributed by atoms with Crippen LogP contribution in [-0.2, 0) is 11.0 Å². The number of aryl methyl sites for hydroxylation is 1. The van der Waals surface area contributed by atoms with Crippen molar-refractivity contribution in [2.75, 3.05) is 4.90 Å². The van der Waals surface area contributed by atoms with Gasteiger partial charge in [0.2, 0.25) is 0 Å². The van der Waals surface area contributed by atoms with Gasteiger partial charge in [0.25, 0.3) is 5.91 Å². The summed E-state index contributed by atoms with van der Waals surface area (Å²) in [6.45, 7) is 1.77. The number of carbonyl (C=O) groups excluding carboxylic acids is 1. The Morgan fingerprint density at radius 2 is 2.00 bits per heavy atom. The predicted octanol–water partition coefficient (Wildman–Crippen LogP) is 5.01. The average molecular weight is 369 g/mol. The molecule has 2 heterocycles. The highest BCUT2D eigenvalue weighted by Gasteiger charge is 2.36. The minimum Gasteiger partial charge on any atom is -0.462 e. The van der Waals surface area contributed by atoms with Gasteiger partial charge in [-0.15, -0.1) is 0 Å². The van der Waals surface area contributed by atoms with E-state index in [1.54, 1.807) is 19.1 Å². The Morgan fingerprint density at radius 1 is 1.25 bits per heavy atom. The normalized spacial score (nSPS) is 17.2. The number of benzene rings is 1. The summed E-state index contributed by atoms with van der Waals surface area (Å²) >= 11 is 6.17. The number of nitrogens with zero attached hydrogens (tertiary/aromatic N) is 1. The lowest BCUT2D eigenvalue weighted by Gasteiger charge is -2.16. The highest BCUT2D eigenvalue weighted by Crippen LogP contribution is 2.38. The Bertz CT molecular complexity index is 855. The third kappa shape index (κ3) is 3.25. The van der Waals surface area contributed by atoms with Gasteiger partial charge >= 0.3 is 6.18 Å². The molecule has 0 atom stereocenters. The van der Waals surface area contributed by atoms with E-state index in [-0.39, 0.29) is 10.0 Å². The van der Waals surface area contributed by atoms with Gasteiger partial charge in [0, 0.05) is 6.08 Å². The van der Waals surface area contributed by atoms with Gasteiger partial charge in [0.05, 0.1) is 16.2 Å². The van der Waals surface area contributed by atoms with Gasteiger partial charge in [-0.05, 0) is 37.3 Å². The molecule has 0 aliphatic carbocycles. The SMILES string of the molecule is Cc1ccc(C=C2SC(=S)N(c3cccc(C(F)(F)F)c3)C2=O)o1. The van der Waals surface area contributed by atoms with Crippen LogP contribution >= 0.6 is 24.0 Å². The number of hydrogen-bond acceptors (Lipinski definition) is 4. The minimum atomic E-state index is -4.49. The lowest BCUT2D eigenvalue weighted by Crippen LogP contribution is -2.27. The highest BCUT2D eigenvalue weighted by molar-refractivity contribution is 8.27. The van der Waals surface area contributed by atoms with Crippen LogP contribution in [0.2, 0.25) is 0 Å². The van der Waals surface area contributed by atoms with Crippen LogP contribution in [0.3, 0.4) is 0 Å². The third-order valence-corrected chi connectivity index (χ3v) is 4.56. The lowest BCUT2D eigenvalue weighted by atomic mass is 10.2. The molecule has 8 heteroatoms. The second kappa shape index (κ2) is 6.10. The zero-order valence-electron chi connectivity index (χ0n) is 12.3. The smallest absolute Gasteiger partial charge is 0.416 e. The van der Waals surface area contributed by atoms with Gasteiger partial charge in [-0.2, -0.15) is 13.2 Å². The quantitative estimate of drug-likeness (QED) is 0.550. The Balaban J connectivity index is 1.94. The molecule has 0 bridgehead atoms. The number of furan rings is 1. The molecule has 1 aliphatic rings. The molecule has 0 N–H and O–H groups in total. The molecular weight excluding hydrogens is 359 g/mol. The number of carbonyl (C=O) groups is 1. The molecule has 0 unspecified atom stereocenters. The molecular formula is C16H10F3NO2S2. The molecule has 0 saturated carbocycles. The number of hydrogen-bond donors (Lipinski definition) is 0. The zero-order valence-corrected chi connectivity index (χ0v) is 13.9. The molecule has 1 aromatic carbocycles.